The van der Waals surface area contributed by atoms with Crippen LogP contribution in [0.15, 0.2) is 84.9 Å². The third-order valence-electron chi connectivity index (χ3n) is 9.43. The van der Waals surface area contributed by atoms with E-state index in [9.17, 15) is 14.4 Å². The summed E-state index contributed by atoms with van der Waals surface area (Å²) in [6, 6.07) is 27.1. The number of amides is 3. The van der Waals surface area contributed by atoms with Crippen LogP contribution in [0.3, 0.4) is 0 Å². The average Bonchev–Trinajstić information content (AvgIpc) is 3.08. The van der Waals surface area contributed by atoms with Crippen molar-refractivity contribution in [2.45, 2.75) is 75.9 Å². The molecule has 1 saturated carbocycles. The Morgan fingerprint density at radius 1 is 0.622 bits per heavy atom. The summed E-state index contributed by atoms with van der Waals surface area (Å²) in [4.78, 5) is 41.3. The lowest BCUT2D eigenvalue weighted by Crippen LogP contribution is -2.57. The van der Waals surface area contributed by atoms with Gasteiger partial charge in [0.15, 0.2) is 0 Å². The van der Waals surface area contributed by atoms with E-state index in [4.69, 9.17) is 0 Å². The highest BCUT2D eigenvalue weighted by Crippen LogP contribution is 2.21. The standard InChI is InChI=1S/C38H44N4O3/c43-36(30-18-20-39-21-19-30)41-35(25-27-15-17-29-9-5-7-11-32(29)23-27)38(45)42-34(37(44)40-33-12-2-1-3-13-33)24-26-14-16-28-8-4-6-10-31(28)22-26/h4-11,14-17,22-23,30,33-35,39H,1-3,12-13,18-21,24-25H2,(H,40,44)(H,41,43)(H,42,45). The lowest BCUT2D eigenvalue weighted by Gasteiger charge is -2.28. The topological polar surface area (TPSA) is 99.3 Å². The molecule has 4 aromatic rings. The van der Waals surface area contributed by atoms with Gasteiger partial charge in [-0.3, -0.25) is 14.4 Å². The fourth-order valence-electron chi connectivity index (χ4n) is 6.82. The van der Waals surface area contributed by atoms with Crippen LogP contribution in [-0.4, -0.2) is 48.9 Å². The van der Waals surface area contributed by atoms with Crippen LogP contribution in [-0.2, 0) is 27.2 Å². The fraction of sp³-hybridized carbons (Fsp3) is 0.395. The van der Waals surface area contributed by atoms with Crippen molar-refractivity contribution in [2.75, 3.05) is 13.1 Å². The first-order valence-electron chi connectivity index (χ1n) is 16.6. The summed E-state index contributed by atoms with van der Waals surface area (Å²) in [5.41, 5.74) is 1.93. The Morgan fingerprint density at radius 2 is 1.16 bits per heavy atom. The molecule has 0 spiro atoms. The molecule has 4 aromatic carbocycles. The van der Waals surface area contributed by atoms with Gasteiger partial charge in [-0.25, -0.2) is 0 Å². The minimum atomic E-state index is -0.810. The zero-order valence-corrected chi connectivity index (χ0v) is 25.9. The predicted octanol–water partition coefficient (Wildman–Crippen LogP) is 5.20. The number of fused-ring (bicyclic) bond motifs is 2. The molecule has 234 valence electrons. The highest BCUT2D eigenvalue weighted by atomic mass is 16.2. The molecule has 7 heteroatoms. The summed E-state index contributed by atoms with van der Waals surface area (Å²) in [6.07, 6.45) is 7.48. The van der Waals surface area contributed by atoms with Gasteiger partial charge in [-0.05, 0) is 71.4 Å². The number of carbonyl (C=O) groups is 3. The third kappa shape index (κ3) is 8.08. The lowest BCUT2D eigenvalue weighted by molar-refractivity contribution is -0.133. The molecule has 4 N–H and O–H groups in total. The van der Waals surface area contributed by atoms with Crippen molar-refractivity contribution >= 4 is 39.3 Å². The molecule has 2 fully saturated rings. The first-order chi connectivity index (χ1) is 22.0. The van der Waals surface area contributed by atoms with E-state index in [1.54, 1.807) is 0 Å². The number of carbonyl (C=O) groups excluding carboxylic acids is 3. The van der Waals surface area contributed by atoms with Crippen molar-refractivity contribution in [3.05, 3.63) is 96.1 Å². The molecular weight excluding hydrogens is 560 g/mol. The summed E-state index contributed by atoms with van der Waals surface area (Å²) in [6.45, 7) is 1.57. The molecule has 45 heavy (non-hydrogen) atoms. The number of rotatable bonds is 10. The van der Waals surface area contributed by atoms with E-state index in [-0.39, 0.29) is 29.7 Å². The Kier molecular flexibility index (Phi) is 10.1. The zero-order valence-electron chi connectivity index (χ0n) is 25.9. The van der Waals surface area contributed by atoms with Crippen molar-refractivity contribution in [3.63, 3.8) is 0 Å². The Bertz CT molecular complexity index is 1640. The van der Waals surface area contributed by atoms with Crippen LogP contribution in [0.4, 0.5) is 0 Å². The SMILES string of the molecule is O=C(NC(Cc1ccc2ccccc2c1)C(=O)NC(Cc1ccc2ccccc2c1)C(=O)NC1CCCCC1)C1CCNCC1. The summed E-state index contributed by atoms with van der Waals surface area (Å²) in [5.74, 6) is -0.746. The normalized spacial score (nSPS) is 17.4. The van der Waals surface area contributed by atoms with Gasteiger partial charge in [-0.1, -0.05) is 104 Å². The smallest absolute Gasteiger partial charge is 0.243 e. The molecule has 0 bridgehead atoms. The molecule has 2 unspecified atom stereocenters. The lowest BCUT2D eigenvalue weighted by atomic mass is 9.94. The number of piperidine rings is 1. The molecule has 1 heterocycles. The van der Waals surface area contributed by atoms with Crippen LogP contribution in [0.2, 0.25) is 0 Å². The van der Waals surface area contributed by atoms with E-state index < -0.39 is 12.1 Å². The second-order valence-electron chi connectivity index (χ2n) is 12.8. The van der Waals surface area contributed by atoms with Gasteiger partial charge in [0.1, 0.15) is 12.1 Å². The molecule has 7 nitrogen and oxygen atoms in total. The Hall–Kier alpha value is -4.23. The van der Waals surface area contributed by atoms with Crippen LogP contribution in [0, 0.1) is 5.92 Å². The van der Waals surface area contributed by atoms with Crippen LogP contribution in [0.25, 0.3) is 21.5 Å². The number of benzene rings is 4. The van der Waals surface area contributed by atoms with Crippen LogP contribution < -0.4 is 21.3 Å². The molecule has 1 aliphatic heterocycles. The van der Waals surface area contributed by atoms with Gasteiger partial charge in [0, 0.05) is 24.8 Å². The number of hydrogen-bond donors (Lipinski definition) is 4. The van der Waals surface area contributed by atoms with Crippen molar-refractivity contribution in [1.82, 2.24) is 21.3 Å². The van der Waals surface area contributed by atoms with Crippen molar-refractivity contribution < 1.29 is 14.4 Å². The highest BCUT2D eigenvalue weighted by Gasteiger charge is 2.31. The molecule has 2 atom stereocenters. The summed E-state index contributed by atoms with van der Waals surface area (Å²) < 4.78 is 0. The molecule has 1 saturated heterocycles. The van der Waals surface area contributed by atoms with E-state index in [0.717, 1.165) is 84.3 Å². The average molecular weight is 605 g/mol. The third-order valence-corrected chi connectivity index (χ3v) is 9.43. The first-order valence-corrected chi connectivity index (χ1v) is 16.6. The van der Waals surface area contributed by atoms with Gasteiger partial charge in [-0.15, -0.1) is 0 Å². The van der Waals surface area contributed by atoms with E-state index >= 15 is 0 Å². The second-order valence-corrected chi connectivity index (χ2v) is 12.8. The largest absolute Gasteiger partial charge is 0.352 e. The molecule has 0 aromatic heterocycles. The first kappa shape index (κ1) is 30.8. The van der Waals surface area contributed by atoms with E-state index in [1.807, 2.05) is 36.4 Å². The minimum Gasteiger partial charge on any atom is -0.352 e. The molecular formula is C38H44N4O3. The number of hydrogen-bond acceptors (Lipinski definition) is 4. The summed E-state index contributed by atoms with van der Waals surface area (Å²) >= 11 is 0. The van der Waals surface area contributed by atoms with E-state index in [1.165, 1.54) is 6.42 Å². The summed E-state index contributed by atoms with van der Waals surface area (Å²) in [5, 5.41) is 17.1. The zero-order chi connectivity index (χ0) is 31.0. The fourth-order valence-corrected chi connectivity index (χ4v) is 6.82. The van der Waals surface area contributed by atoms with E-state index in [0.29, 0.717) is 12.8 Å². The molecule has 6 rings (SSSR count). The maximum atomic E-state index is 14.1. The van der Waals surface area contributed by atoms with Gasteiger partial charge in [0.2, 0.25) is 17.7 Å². The maximum absolute atomic E-state index is 14.1. The van der Waals surface area contributed by atoms with Crippen LogP contribution in [0.5, 0.6) is 0 Å². The van der Waals surface area contributed by atoms with Gasteiger partial charge in [0.05, 0.1) is 0 Å². The van der Waals surface area contributed by atoms with Gasteiger partial charge < -0.3 is 21.3 Å². The van der Waals surface area contributed by atoms with Crippen molar-refractivity contribution in [1.29, 1.82) is 0 Å². The van der Waals surface area contributed by atoms with Gasteiger partial charge in [-0.2, -0.15) is 0 Å². The monoisotopic (exact) mass is 604 g/mol. The summed E-state index contributed by atoms with van der Waals surface area (Å²) in [7, 11) is 0. The van der Waals surface area contributed by atoms with Crippen molar-refractivity contribution in [2.24, 2.45) is 5.92 Å². The Morgan fingerprint density at radius 3 is 1.73 bits per heavy atom. The van der Waals surface area contributed by atoms with E-state index in [2.05, 4.69) is 69.8 Å². The van der Waals surface area contributed by atoms with Gasteiger partial charge in [0.25, 0.3) is 0 Å². The maximum Gasteiger partial charge on any atom is 0.243 e. The highest BCUT2D eigenvalue weighted by molar-refractivity contribution is 5.93. The molecule has 1 aliphatic carbocycles. The number of nitrogens with one attached hydrogen (secondary N) is 4. The quantitative estimate of drug-likeness (QED) is 0.200. The van der Waals surface area contributed by atoms with Crippen molar-refractivity contribution in [3.8, 4) is 0 Å². The Labute approximate surface area is 265 Å². The van der Waals surface area contributed by atoms with Crippen LogP contribution >= 0.6 is 0 Å². The van der Waals surface area contributed by atoms with Gasteiger partial charge >= 0.3 is 0 Å². The predicted molar refractivity (Wildman–Crippen MR) is 180 cm³/mol. The Balaban J connectivity index is 1.24. The molecule has 3 amide bonds. The minimum absolute atomic E-state index is 0.102. The molecule has 2 aliphatic rings. The second kappa shape index (κ2) is 14.7. The molecule has 0 radical (unpaired) electrons. The van der Waals surface area contributed by atoms with Crippen LogP contribution in [0.1, 0.15) is 56.1 Å².